The van der Waals surface area contributed by atoms with Crippen molar-refractivity contribution in [3.8, 4) is 0 Å². The molecule has 7 N–H and O–H groups in total. The number of carbonyl (C=O) groups is 2. The minimum absolute atomic E-state index is 0.0733. The molecule has 2 heterocycles. The van der Waals surface area contributed by atoms with Crippen molar-refractivity contribution in [1.82, 2.24) is 24.8 Å². The Kier molecular flexibility index (Phi) is 8.69. The number of carbonyl (C=O) groups excluding carboxylic acids is 2. The molecule has 0 spiro atoms. The molecule has 1 amide bonds. The smallest absolute Gasteiger partial charge is 0.328 e. The van der Waals surface area contributed by atoms with Crippen LogP contribution in [-0.4, -0.2) is 67.9 Å². The molecule has 2 aromatic rings. The topological polar surface area (TPSA) is 200 Å². The van der Waals surface area contributed by atoms with E-state index in [2.05, 4.69) is 20.3 Å². The highest BCUT2D eigenvalue weighted by Gasteiger charge is 2.29. The molecule has 0 aliphatic rings. The number of esters is 1. The maximum absolute atomic E-state index is 12.5. The van der Waals surface area contributed by atoms with Gasteiger partial charge in [0.2, 0.25) is 11.9 Å². The van der Waals surface area contributed by atoms with Crippen LogP contribution >= 0.6 is 0 Å². The first kappa shape index (κ1) is 25.2. The Morgan fingerprint density at radius 3 is 2.56 bits per heavy atom. The molecule has 13 nitrogen and oxygen atoms in total. The minimum Gasteiger partial charge on any atom is -0.461 e. The number of hydrogen-bond donors (Lipinski definition) is 5. The number of rotatable bonds is 11. The van der Waals surface area contributed by atoms with E-state index in [9.17, 15) is 19.5 Å². The molecule has 0 radical (unpaired) electrons. The Bertz CT molecular complexity index is 986. The van der Waals surface area contributed by atoms with Gasteiger partial charge in [-0.1, -0.05) is 27.7 Å². The van der Waals surface area contributed by atoms with Crippen LogP contribution in [0.3, 0.4) is 0 Å². The summed E-state index contributed by atoms with van der Waals surface area (Å²) in [5.74, 6) is -1.52. The molecule has 3 atom stereocenters. The predicted octanol–water partition coefficient (Wildman–Crippen LogP) is -1.30. The van der Waals surface area contributed by atoms with Crippen LogP contribution in [0.15, 0.2) is 11.1 Å². The van der Waals surface area contributed by atoms with E-state index in [0.717, 1.165) is 0 Å². The fourth-order valence-corrected chi connectivity index (χ4v) is 2.72. The van der Waals surface area contributed by atoms with Crippen molar-refractivity contribution >= 4 is 29.0 Å². The number of aliphatic hydroxyl groups is 1. The van der Waals surface area contributed by atoms with Gasteiger partial charge in [-0.25, -0.2) is 9.78 Å². The molecule has 0 fully saturated rings. The van der Waals surface area contributed by atoms with Crippen molar-refractivity contribution < 1.29 is 24.2 Å². The number of nitrogens with zero attached hydrogens (tertiary/aromatic N) is 3. The molecule has 13 heteroatoms. The Morgan fingerprint density at radius 1 is 1.28 bits per heavy atom. The molecule has 0 aromatic carbocycles. The Morgan fingerprint density at radius 2 is 1.97 bits per heavy atom. The second kappa shape index (κ2) is 11.0. The minimum atomic E-state index is -0.900. The third-order valence-corrected chi connectivity index (χ3v) is 4.80. The van der Waals surface area contributed by atoms with E-state index < -0.39 is 42.2 Å². The fraction of sp³-hybridized carbons (Fsp3) is 0.632. The van der Waals surface area contributed by atoms with Gasteiger partial charge >= 0.3 is 5.97 Å². The molecule has 2 aromatic heterocycles. The lowest BCUT2D eigenvalue weighted by molar-refractivity contribution is -0.155. The molecule has 0 saturated carbocycles. The summed E-state index contributed by atoms with van der Waals surface area (Å²) in [4.78, 5) is 46.9. The van der Waals surface area contributed by atoms with Gasteiger partial charge in [0.25, 0.3) is 5.56 Å². The van der Waals surface area contributed by atoms with Gasteiger partial charge in [-0.15, -0.1) is 0 Å². The Labute approximate surface area is 184 Å². The summed E-state index contributed by atoms with van der Waals surface area (Å²) in [6, 6.07) is -1.65. The van der Waals surface area contributed by atoms with Crippen molar-refractivity contribution in [1.29, 1.82) is 0 Å². The third-order valence-electron chi connectivity index (χ3n) is 4.80. The number of aromatic amines is 1. The van der Waals surface area contributed by atoms with E-state index in [1.807, 2.05) is 0 Å². The number of imidazole rings is 1. The van der Waals surface area contributed by atoms with Crippen LogP contribution in [0.2, 0.25) is 0 Å². The molecule has 0 aliphatic carbocycles. The van der Waals surface area contributed by atoms with Crippen LogP contribution in [-0.2, 0) is 25.8 Å². The number of fused-ring (bicyclic) bond motifs is 1. The number of anilines is 1. The highest BCUT2D eigenvalue weighted by atomic mass is 16.6. The van der Waals surface area contributed by atoms with Crippen LogP contribution in [0.5, 0.6) is 0 Å². The van der Waals surface area contributed by atoms with E-state index in [0.29, 0.717) is 0 Å². The van der Waals surface area contributed by atoms with Gasteiger partial charge in [-0.3, -0.25) is 19.1 Å². The van der Waals surface area contributed by atoms with Gasteiger partial charge in [-0.2, -0.15) is 4.98 Å². The number of aromatic nitrogens is 4. The number of amides is 1. The van der Waals surface area contributed by atoms with Gasteiger partial charge in [0, 0.05) is 0 Å². The van der Waals surface area contributed by atoms with Gasteiger partial charge in [-0.05, 0) is 11.8 Å². The SMILES string of the molecule is CC(C)[C@H](NC(=O)[C@H](N)C(C)C)C(=O)OCC(CO)OCn1cnc2c(=O)[nH]c(N)nc21. The summed E-state index contributed by atoms with van der Waals surface area (Å²) in [6.45, 7) is 6.32. The fourth-order valence-electron chi connectivity index (χ4n) is 2.72. The van der Waals surface area contributed by atoms with Crippen LogP contribution in [0, 0.1) is 11.8 Å². The summed E-state index contributed by atoms with van der Waals surface area (Å²) >= 11 is 0. The Hall–Kier alpha value is -3.03. The maximum atomic E-state index is 12.5. The first-order valence-corrected chi connectivity index (χ1v) is 10.2. The highest BCUT2D eigenvalue weighted by molar-refractivity contribution is 5.87. The molecule has 2 rings (SSSR count). The summed E-state index contributed by atoms with van der Waals surface area (Å²) in [7, 11) is 0. The van der Waals surface area contributed by atoms with Gasteiger partial charge < -0.3 is 31.4 Å². The largest absolute Gasteiger partial charge is 0.461 e. The number of aliphatic hydroxyl groups excluding tert-OH is 1. The third kappa shape index (κ3) is 6.24. The highest BCUT2D eigenvalue weighted by Crippen LogP contribution is 2.09. The zero-order chi connectivity index (χ0) is 24.0. The van der Waals surface area contributed by atoms with Crippen LogP contribution in [0.1, 0.15) is 27.7 Å². The van der Waals surface area contributed by atoms with Gasteiger partial charge in [0.1, 0.15) is 25.5 Å². The average molecular weight is 454 g/mol. The van der Waals surface area contributed by atoms with E-state index in [4.69, 9.17) is 20.9 Å². The van der Waals surface area contributed by atoms with E-state index in [1.54, 1.807) is 27.7 Å². The van der Waals surface area contributed by atoms with E-state index in [1.165, 1.54) is 10.9 Å². The van der Waals surface area contributed by atoms with Gasteiger partial charge in [0.15, 0.2) is 11.2 Å². The van der Waals surface area contributed by atoms with E-state index in [-0.39, 0.29) is 42.3 Å². The normalized spacial score (nSPS) is 14.5. The summed E-state index contributed by atoms with van der Waals surface area (Å²) in [5.41, 5.74) is 11.2. The summed E-state index contributed by atoms with van der Waals surface area (Å²) in [6.07, 6.45) is 0.479. The molecule has 178 valence electrons. The van der Waals surface area contributed by atoms with Crippen molar-refractivity contribution in [3.63, 3.8) is 0 Å². The molecule has 0 aliphatic heterocycles. The number of H-pyrrole nitrogens is 1. The van der Waals surface area contributed by atoms with Crippen LogP contribution in [0.4, 0.5) is 5.95 Å². The maximum Gasteiger partial charge on any atom is 0.328 e. The Balaban J connectivity index is 1.96. The number of hydrogen-bond acceptors (Lipinski definition) is 10. The lowest BCUT2D eigenvalue weighted by Gasteiger charge is -2.25. The predicted molar refractivity (Wildman–Crippen MR) is 115 cm³/mol. The molecule has 32 heavy (non-hydrogen) atoms. The number of nitrogen functional groups attached to an aromatic ring is 1. The zero-order valence-electron chi connectivity index (χ0n) is 18.6. The average Bonchev–Trinajstić information content (AvgIpc) is 3.13. The molecule has 1 unspecified atom stereocenters. The first-order valence-electron chi connectivity index (χ1n) is 10.2. The summed E-state index contributed by atoms with van der Waals surface area (Å²) < 4.78 is 12.2. The quantitative estimate of drug-likeness (QED) is 0.255. The number of ether oxygens (including phenoxy) is 2. The van der Waals surface area contributed by atoms with Crippen molar-refractivity contribution in [2.24, 2.45) is 17.6 Å². The molecular formula is C19H31N7O6. The van der Waals surface area contributed by atoms with Gasteiger partial charge in [0.05, 0.1) is 19.0 Å². The van der Waals surface area contributed by atoms with Crippen molar-refractivity contribution in [2.75, 3.05) is 18.9 Å². The van der Waals surface area contributed by atoms with Crippen molar-refractivity contribution in [2.45, 2.75) is 52.6 Å². The second-order valence-electron chi connectivity index (χ2n) is 8.07. The standard InChI is InChI=1S/C19H31N7O6/c1-9(2)12(20)16(28)23-13(10(3)4)18(30)31-6-11(5-27)32-8-26-7-22-14-15(26)24-19(21)25-17(14)29/h7,9-13,27H,5-6,8,20H2,1-4H3,(H,23,28)(H3,21,24,25,29)/t11?,12-,13+/m1/s1. The number of nitrogens with one attached hydrogen (secondary N) is 2. The lowest BCUT2D eigenvalue weighted by atomic mass is 10.0. The zero-order valence-corrected chi connectivity index (χ0v) is 18.6. The summed E-state index contributed by atoms with van der Waals surface area (Å²) in [5, 5.41) is 12.2. The monoisotopic (exact) mass is 453 g/mol. The second-order valence-corrected chi connectivity index (χ2v) is 8.07. The molecule has 0 saturated heterocycles. The van der Waals surface area contributed by atoms with E-state index >= 15 is 0 Å². The molecule has 0 bridgehead atoms. The lowest BCUT2D eigenvalue weighted by Crippen LogP contribution is -2.52. The molecular weight excluding hydrogens is 422 g/mol. The van der Waals surface area contributed by atoms with Crippen LogP contribution in [0.25, 0.3) is 11.2 Å². The number of nitrogens with two attached hydrogens (primary N) is 2. The van der Waals surface area contributed by atoms with Crippen molar-refractivity contribution in [3.05, 3.63) is 16.7 Å². The van der Waals surface area contributed by atoms with Crippen LogP contribution < -0.4 is 22.3 Å². The first-order chi connectivity index (χ1) is 15.0.